The average molecular weight is 1050 g/mol. The van der Waals surface area contributed by atoms with Crippen LogP contribution in [0, 0.1) is 0 Å². The summed E-state index contributed by atoms with van der Waals surface area (Å²) in [6, 6.07) is 9.73. The first kappa shape index (κ1) is 52.9. The summed E-state index contributed by atoms with van der Waals surface area (Å²) in [5.74, 6) is -3.31. The summed E-state index contributed by atoms with van der Waals surface area (Å²) in [6.07, 6.45) is 0. The predicted octanol–water partition coefficient (Wildman–Crippen LogP) is 6.79. The van der Waals surface area contributed by atoms with Gasteiger partial charge >= 0.3 is 0 Å². The van der Waals surface area contributed by atoms with Crippen molar-refractivity contribution in [2.24, 2.45) is 30.7 Å². The summed E-state index contributed by atoms with van der Waals surface area (Å²) in [4.78, 5) is 8.31. The predicted molar refractivity (Wildman–Crippen MR) is 229 cm³/mol. The van der Waals surface area contributed by atoms with Gasteiger partial charge in [0.25, 0.3) is 30.4 Å². The van der Waals surface area contributed by atoms with Crippen LogP contribution < -0.4 is 14.8 Å². The van der Waals surface area contributed by atoms with E-state index in [9.17, 15) is 64.1 Å². The standard InChI is InChI=1S/C34H31N7O22S5/c1-16(44)35-18-2-4-20(28(12-18)67(52,53)54)36-37-21-14-25(59-9-7-43)22(15-24(21)58-8-6-42)38-40-31-27(65-63-61-48)10-17-11-29(68(55,56)57)32(34(46)30(17)33(31)45)41-39-23-13-19(66(49,50)51)3-5-26(23)64-62-60-47/h2-5,10-15,42-43,45-48H,6-9H2,1H3,(H,35,44)(H,49,50,51)(H,52,53,54)(H,55,56,57). The van der Waals surface area contributed by atoms with Crippen LogP contribution in [0.3, 0.4) is 0 Å². The Bertz CT molecular complexity index is 3160. The van der Waals surface area contributed by atoms with Gasteiger partial charge in [-0.1, -0.05) is 10.1 Å². The van der Waals surface area contributed by atoms with Crippen LogP contribution in [-0.4, -0.2) is 102 Å². The number of carbonyl (C=O) groups excluding carboxylic acids is 1. The van der Waals surface area contributed by atoms with Crippen molar-refractivity contribution in [2.45, 2.75) is 31.4 Å². The fraction of sp³-hybridized carbons (Fsp3) is 0.147. The Morgan fingerprint density at radius 2 is 1.13 bits per heavy atom. The Morgan fingerprint density at radius 1 is 0.603 bits per heavy atom. The number of fused-ring (bicyclic) bond motifs is 1. The molecule has 5 aromatic rings. The van der Waals surface area contributed by atoms with E-state index < -0.39 is 116 Å². The Hall–Kier alpha value is -6.06. The smallest absolute Gasteiger partial charge is 0.296 e. The molecule has 68 heavy (non-hydrogen) atoms. The number of ether oxygens (including phenoxy) is 2. The van der Waals surface area contributed by atoms with Crippen molar-refractivity contribution in [3.05, 3.63) is 60.7 Å². The van der Waals surface area contributed by atoms with Gasteiger partial charge in [0.15, 0.2) is 11.5 Å². The maximum atomic E-state index is 12.6. The van der Waals surface area contributed by atoms with Crippen LogP contribution in [0.4, 0.5) is 39.8 Å². The highest BCUT2D eigenvalue weighted by Crippen LogP contribution is 2.52. The number of amides is 1. The van der Waals surface area contributed by atoms with Crippen LogP contribution in [0.2, 0.25) is 0 Å². The van der Waals surface area contributed by atoms with Gasteiger partial charge in [0.05, 0.1) is 57.4 Å². The van der Waals surface area contributed by atoms with E-state index in [-0.39, 0.29) is 69.0 Å². The van der Waals surface area contributed by atoms with Gasteiger partial charge in [0, 0.05) is 24.7 Å². The molecule has 0 aliphatic rings. The van der Waals surface area contributed by atoms with Crippen molar-refractivity contribution in [3.63, 3.8) is 0 Å². The Labute approximate surface area is 389 Å². The number of nitrogens with one attached hydrogen (secondary N) is 1. The number of rotatable bonds is 22. The summed E-state index contributed by atoms with van der Waals surface area (Å²) in [5, 5.41) is 91.6. The van der Waals surface area contributed by atoms with Crippen molar-refractivity contribution in [1.82, 2.24) is 0 Å². The molecule has 5 rings (SSSR count). The van der Waals surface area contributed by atoms with Gasteiger partial charge in [0.1, 0.15) is 68.6 Å². The van der Waals surface area contributed by atoms with Gasteiger partial charge in [-0.25, -0.2) is 10.5 Å². The fourth-order valence-electron chi connectivity index (χ4n) is 5.46. The summed E-state index contributed by atoms with van der Waals surface area (Å²) in [6.45, 7) is -0.751. The van der Waals surface area contributed by atoms with E-state index in [2.05, 4.69) is 54.7 Å². The van der Waals surface area contributed by atoms with Crippen LogP contribution in [0.5, 0.6) is 23.0 Å². The first-order valence-electron chi connectivity index (χ1n) is 17.8. The van der Waals surface area contributed by atoms with Gasteiger partial charge in [-0.15, -0.1) is 39.4 Å². The van der Waals surface area contributed by atoms with Crippen LogP contribution >= 0.6 is 24.1 Å². The lowest BCUT2D eigenvalue weighted by Gasteiger charge is -2.14. The monoisotopic (exact) mass is 1050 g/mol. The first-order valence-corrected chi connectivity index (χ1v) is 23.7. The first-order chi connectivity index (χ1) is 32.1. The van der Waals surface area contributed by atoms with E-state index in [1.807, 2.05) is 0 Å². The zero-order chi connectivity index (χ0) is 50.0. The number of hydrogen-bond donors (Lipinski definition) is 10. The minimum Gasteiger partial charge on any atom is -0.505 e. The number of aliphatic hydroxyl groups excluding tert-OH is 2. The molecule has 0 radical (unpaired) electrons. The van der Waals surface area contributed by atoms with Gasteiger partial charge in [-0.3, -0.25) is 18.5 Å². The number of carbonyl (C=O) groups is 1. The largest absolute Gasteiger partial charge is 0.505 e. The number of azo groups is 3. The minimum atomic E-state index is -5.35. The van der Waals surface area contributed by atoms with E-state index in [1.165, 1.54) is 6.07 Å². The number of benzene rings is 5. The average Bonchev–Trinajstić information content (AvgIpc) is 3.26. The summed E-state index contributed by atoms with van der Waals surface area (Å²) in [5.41, 5.74) is -3.21. The second-order valence-corrected chi connectivity index (χ2v) is 18.3. The molecule has 0 saturated heterocycles. The summed E-state index contributed by atoms with van der Waals surface area (Å²) in [7, 11) is -15.2. The number of nitrogens with zero attached hydrogens (tertiary/aromatic N) is 6. The zero-order valence-corrected chi connectivity index (χ0v) is 37.7. The van der Waals surface area contributed by atoms with E-state index in [0.717, 1.165) is 49.4 Å². The van der Waals surface area contributed by atoms with Crippen molar-refractivity contribution < 1.29 is 103 Å². The normalized spacial score (nSPS) is 12.5. The molecule has 5 aromatic carbocycles. The Kier molecular flexibility index (Phi) is 17.8. The van der Waals surface area contributed by atoms with E-state index >= 15 is 0 Å². The molecule has 29 nitrogen and oxygen atoms in total. The molecule has 34 heteroatoms. The maximum absolute atomic E-state index is 12.6. The molecule has 0 spiro atoms. The van der Waals surface area contributed by atoms with E-state index in [1.54, 1.807) is 0 Å². The molecule has 0 aliphatic carbocycles. The van der Waals surface area contributed by atoms with Crippen LogP contribution in [0.1, 0.15) is 6.92 Å². The second kappa shape index (κ2) is 22.8. The summed E-state index contributed by atoms with van der Waals surface area (Å²) >= 11 is 0.363. The molecule has 0 bridgehead atoms. The molecule has 0 fully saturated rings. The zero-order valence-electron chi connectivity index (χ0n) is 33.7. The molecular weight excluding hydrogens is 1020 g/mol. The van der Waals surface area contributed by atoms with Crippen molar-refractivity contribution in [2.75, 3.05) is 31.7 Å². The van der Waals surface area contributed by atoms with E-state index in [0.29, 0.717) is 12.1 Å². The second-order valence-electron chi connectivity index (χ2n) is 12.6. The molecule has 0 saturated carbocycles. The lowest BCUT2D eigenvalue weighted by atomic mass is 10.1. The van der Waals surface area contributed by atoms with Crippen LogP contribution in [-0.2, 0) is 53.9 Å². The highest BCUT2D eigenvalue weighted by molar-refractivity contribution is 7.95. The number of anilines is 1. The van der Waals surface area contributed by atoms with Gasteiger partial charge in [-0.2, -0.15) is 25.3 Å². The number of phenols is 2. The number of aromatic hydroxyl groups is 2. The third kappa shape index (κ3) is 13.3. The molecule has 0 aromatic heterocycles. The fourth-order valence-corrected chi connectivity index (χ4v) is 8.18. The molecule has 364 valence electrons. The van der Waals surface area contributed by atoms with Crippen molar-refractivity contribution in [3.8, 4) is 23.0 Å². The molecule has 0 heterocycles. The SMILES string of the molecule is CC(=O)Nc1ccc(N=Nc2cc(OCCO)c(N=Nc3c(SOOO)cc4cc(S(=O)(=O)O)c(N=Nc5cc(S(=O)(=O)O)ccc5SOOO)c(O)c4c3O)cc2OCCO)c(S(=O)(=O)O)c1. The minimum absolute atomic E-state index is 0.0121. The molecule has 1 amide bonds. The quantitative estimate of drug-likeness (QED) is 0.0112. The molecule has 0 unspecified atom stereocenters. The highest BCUT2D eigenvalue weighted by atomic mass is 32.2. The summed E-state index contributed by atoms with van der Waals surface area (Å²) < 4.78 is 123. The van der Waals surface area contributed by atoms with Gasteiger partial charge < -0.3 is 35.2 Å². The lowest BCUT2D eigenvalue weighted by molar-refractivity contribution is -0.432. The lowest BCUT2D eigenvalue weighted by Crippen LogP contribution is -2.07. The molecular formula is C34H31N7O22S5. The van der Waals surface area contributed by atoms with Crippen molar-refractivity contribution in [1.29, 1.82) is 0 Å². The Morgan fingerprint density at radius 3 is 1.68 bits per heavy atom. The van der Waals surface area contributed by atoms with E-state index in [4.69, 9.17) is 20.0 Å². The van der Waals surface area contributed by atoms with Gasteiger partial charge in [-0.05, 0) is 53.9 Å². The molecule has 0 atom stereocenters. The van der Waals surface area contributed by atoms with Gasteiger partial charge in [0.2, 0.25) is 5.91 Å². The highest BCUT2D eigenvalue weighted by Gasteiger charge is 2.27. The number of hydrogen-bond acceptors (Lipinski definition) is 27. The van der Waals surface area contributed by atoms with Crippen LogP contribution in [0.15, 0.2) is 116 Å². The topological polar surface area (TPSA) is 443 Å². The molecule has 10 N–H and O–H groups in total. The number of phenolic OH excluding ortho intramolecular Hbond substituents is 2. The van der Waals surface area contributed by atoms with Crippen molar-refractivity contribution >= 4 is 111 Å². The maximum Gasteiger partial charge on any atom is 0.296 e. The Balaban J connectivity index is 1.71. The third-order valence-electron chi connectivity index (χ3n) is 8.14. The third-order valence-corrected chi connectivity index (χ3v) is 12.0. The molecule has 0 aliphatic heterocycles. The van der Waals surface area contributed by atoms with Crippen LogP contribution in [0.25, 0.3) is 10.8 Å². The number of aliphatic hydroxyl groups is 2.